The van der Waals surface area contributed by atoms with Crippen molar-refractivity contribution in [2.45, 2.75) is 38.8 Å². The summed E-state index contributed by atoms with van der Waals surface area (Å²) in [5.41, 5.74) is 7.02. The maximum atomic E-state index is 9.36. The fourth-order valence-electron chi connectivity index (χ4n) is 1.36. The number of aliphatic hydroxyl groups excluding tert-OH is 1. The first-order valence-corrected chi connectivity index (χ1v) is 5.83. The van der Waals surface area contributed by atoms with Crippen LogP contribution in [0.25, 0.3) is 0 Å². The average molecular weight is 223 g/mol. The van der Waals surface area contributed by atoms with E-state index in [-0.39, 0.29) is 6.04 Å². The van der Waals surface area contributed by atoms with Crippen LogP contribution in [0.1, 0.15) is 38.3 Å². The molecular formula is C13H21NO2. The minimum atomic E-state index is -0.391. The van der Waals surface area contributed by atoms with E-state index < -0.39 is 6.10 Å². The van der Waals surface area contributed by atoms with Crippen molar-refractivity contribution in [1.82, 2.24) is 0 Å². The first-order chi connectivity index (χ1) is 7.67. The van der Waals surface area contributed by atoms with Gasteiger partial charge in [0.05, 0.1) is 6.10 Å². The minimum absolute atomic E-state index is 0.0929. The highest BCUT2D eigenvalue weighted by Gasteiger charge is 2.04. The molecule has 3 N–H and O–H groups in total. The Hall–Kier alpha value is -1.06. The molecule has 0 aliphatic rings. The number of rotatable bonds is 6. The number of benzene rings is 1. The van der Waals surface area contributed by atoms with Crippen molar-refractivity contribution in [3.05, 3.63) is 29.8 Å². The number of nitrogens with two attached hydrogens (primary N) is 1. The third-order valence-corrected chi connectivity index (χ3v) is 2.66. The lowest BCUT2D eigenvalue weighted by atomic mass is 10.1. The molecular weight excluding hydrogens is 202 g/mol. The molecule has 1 aromatic rings. The second-order valence-corrected chi connectivity index (χ2v) is 3.96. The number of hydrogen-bond acceptors (Lipinski definition) is 3. The fourth-order valence-corrected chi connectivity index (χ4v) is 1.36. The van der Waals surface area contributed by atoms with E-state index in [0.717, 1.165) is 17.7 Å². The predicted molar refractivity (Wildman–Crippen MR) is 65.5 cm³/mol. The molecule has 1 aromatic carbocycles. The van der Waals surface area contributed by atoms with E-state index in [2.05, 4.69) is 6.92 Å². The van der Waals surface area contributed by atoms with Gasteiger partial charge in [-0.1, -0.05) is 26.0 Å². The quantitative estimate of drug-likeness (QED) is 0.777. The van der Waals surface area contributed by atoms with Crippen molar-refractivity contribution in [1.29, 1.82) is 0 Å². The summed E-state index contributed by atoms with van der Waals surface area (Å²) in [5.74, 6) is 0.777. The van der Waals surface area contributed by atoms with Gasteiger partial charge in [0.2, 0.25) is 0 Å². The summed E-state index contributed by atoms with van der Waals surface area (Å²) in [6, 6.07) is 7.83. The van der Waals surface area contributed by atoms with Crippen LogP contribution in [-0.2, 0) is 0 Å². The van der Waals surface area contributed by atoms with Gasteiger partial charge in [-0.3, -0.25) is 0 Å². The molecule has 0 aliphatic carbocycles. The SMILES string of the molecule is CCC(O)COc1ccc(C(N)CC)cc1. The maximum Gasteiger partial charge on any atom is 0.119 e. The van der Waals surface area contributed by atoms with Gasteiger partial charge in [0.15, 0.2) is 0 Å². The second-order valence-electron chi connectivity index (χ2n) is 3.96. The van der Waals surface area contributed by atoms with Gasteiger partial charge in [-0.2, -0.15) is 0 Å². The van der Waals surface area contributed by atoms with Crippen LogP contribution in [0.3, 0.4) is 0 Å². The standard InChI is InChI=1S/C13H21NO2/c1-3-11(15)9-16-12-7-5-10(6-8-12)13(14)4-2/h5-8,11,13,15H,3-4,9,14H2,1-2H3. The molecule has 0 saturated heterocycles. The Balaban J connectivity index is 2.51. The predicted octanol–water partition coefficient (Wildman–Crippen LogP) is 2.25. The maximum absolute atomic E-state index is 9.36. The molecule has 3 heteroatoms. The third kappa shape index (κ3) is 3.83. The van der Waals surface area contributed by atoms with Crippen LogP contribution in [0.4, 0.5) is 0 Å². The fraction of sp³-hybridized carbons (Fsp3) is 0.538. The molecule has 0 amide bonds. The van der Waals surface area contributed by atoms with E-state index in [4.69, 9.17) is 10.5 Å². The Morgan fingerprint density at radius 1 is 1.19 bits per heavy atom. The van der Waals surface area contributed by atoms with E-state index in [1.54, 1.807) is 0 Å². The highest BCUT2D eigenvalue weighted by molar-refractivity contribution is 5.28. The lowest BCUT2D eigenvalue weighted by molar-refractivity contribution is 0.104. The Morgan fingerprint density at radius 3 is 2.31 bits per heavy atom. The van der Waals surface area contributed by atoms with Gasteiger partial charge in [-0.15, -0.1) is 0 Å². The van der Waals surface area contributed by atoms with Gasteiger partial charge in [0.1, 0.15) is 12.4 Å². The highest BCUT2D eigenvalue weighted by atomic mass is 16.5. The Labute approximate surface area is 97.2 Å². The summed E-state index contributed by atoms with van der Waals surface area (Å²) >= 11 is 0. The van der Waals surface area contributed by atoms with Crippen LogP contribution in [0.5, 0.6) is 5.75 Å². The largest absolute Gasteiger partial charge is 0.491 e. The summed E-state index contributed by atoms with van der Waals surface area (Å²) in [5, 5.41) is 9.36. The lowest BCUT2D eigenvalue weighted by Crippen LogP contribution is -2.16. The Kier molecular flexibility index (Phi) is 5.29. The van der Waals surface area contributed by atoms with E-state index in [1.165, 1.54) is 0 Å². The van der Waals surface area contributed by atoms with Crippen molar-refractivity contribution >= 4 is 0 Å². The van der Waals surface area contributed by atoms with E-state index in [9.17, 15) is 5.11 Å². The van der Waals surface area contributed by atoms with Crippen LogP contribution in [0, 0.1) is 0 Å². The molecule has 90 valence electrons. The van der Waals surface area contributed by atoms with Gasteiger partial charge < -0.3 is 15.6 Å². The molecule has 0 fully saturated rings. The molecule has 0 radical (unpaired) electrons. The molecule has 0 spiro atoms. The van der Waals surface area contributed by atoms with Crippen molar-refractivity contribution < 1.29 is 9.84 Å². The zero-order valence-electron chi connectivity index (χ0n) is 10.0. The van der Waals surface area contributed by atoms with E-state index >= 15 is 0 Å². The normalized spacial score (nSPS) is 14.5. The molecule has 0 aliphatic heterocycles. The molecule has 0 heterocycles. The van der Waals surface area contributed by atoms with Crippen LogP contribution in [-0.4, -0.2) is 17.8 Å². The second kappa shape index (κ2) is 6.51. The van der Waals surface area contributed by atoms with Gasteiger partial charge in [0.25, 0.3) is 0 Å². The molecule has 3 nitrogen and oxygen atoms in total. The summed E-state index contributed by atoms with van der Waals surface area (Å²) in [7, 11) is 0. The summed E-state index contributed by atoms with van der Waals surface area (Å²) in [4.78, 5) is 0. The smallest absolute Gasteiger partial charge is 0.119 e. The summed E-state index contributed by atoms with van der Waals surface area (Å²) in [6.45, 7) is 4.33. The van der Waals surface area contributed by atoms with Crippen LogP contribution >= 0.6 is 0 Å². The molecule has 0 aromatic heterocycles. The molecule has 1 rings (SSSR count). The van der Waals surface area contributed by atoms with E-state index in [1.807, 2.05) is 31.2 Å². The van der Waals surface area contributed by atoms with Crippen LogP contribution < -0.4 is 10.5 Å². The molecule has 2 unspecified atom stereocenters. The van der Waals surface area contributed by atoms with Crippen molar-refractivity contribution in [3.63, 3.8) is 0 Å². The minimum Gasteiger partial charge on any atom is -0.491 e. The first-order valence-electron chi connectivity index (χ1n) is 5.83. The Bertz CT molecular complexity index is 297. The van der Waals surface area contributed by atoms with Crippen molar-refractivity contribution in [3.8, 4) is 5.75 Å². The van der Waals surface area contributed by atoms with Gasteiger partial charge in [-0.05, 0) is 30.5 Å². The number of aliphatic hydroxyl groups is 1. The van der Waals surface area contributed by atoms with E-state index in [0.29, 0.717) is 13.0 Å². The summed E-state index contributed by atoms with van der Waals surface area (Å²) in [6.07, 6.45) is 1.24. The van der Waals surface area contributed by atoms with Crippen molar-refractivity contribution in [2.24, 2.45) is 5.73 Å². The Morgan fingerprint density at radius 2 is 1.81 bits per heavy atom. The lowest BCUT2D eigenvalue weighted by Gasteiger charge is -2.12. The third-order valence-electron chi connectivity index (χ3n) is 2.66. The average Bonchev–Trinajstić information content (AvgIpc) is 2.35. The number of hydrogen-bond donors (Lipinski definition) is 2. The molecule has 0 saturated carbocycles. The zero-order valence-corrected chi connectivity index (χ0v) is 10.0. The van der Waals surface area contributed by atoms with Gasteiger partial charge in [0, 0.05) is 6.04 Å². The van der Waals surface area contributed by atoms with Gasteiger partial charge >= 0.3 is 0 Å². The van der Waals surface area contributed by atoms with Gasteiger partial charge in [-0.25, -0.2) is 0 Å². The van der Waals surface area contributed by atoms with Crippen molar-refractivity contribution in [2.75, 3.05) is 6.61 Å². The van der Waals surface area contributed by atoms with Crippen LogP contribution in [0.2, 0.25) is 0 Å². The molecule has 2 atom stereocenters. The molecule has 0 bridgehead atoms. The van der Waals surface area contributed by atoms with Crippen LogP contribution in [0.15, 0.2) is 24.3 Å². The molecule has 16 heavy (non-hydrogen) atoms. The monoisotopic (exact) mass is 223 g/mol. The summed E-state index contributed by atoms with van der Waals surface area (Å²) < 4.78 is 5.44. The first kappa shape index (κ1) is 13.0. The highest BCUT2D eigenvalue weighted by Crippen LogP contribution is 2.18. The number of ether oxygens (including phenoxy) is 1. The zero-order chi connectivity index (χ0) is 12.0. The topological polar surface area (TPSA) is 55.5 Å².